The number of nitrogens with zero attached hydrogens (tertiary/aromatic N) is 2. The maximum Gasteiger partial charge on any atom is 0.341 e. The van der Waals surface area contributed by atoms with E-state index >= 15 is 0 Å². The number of para-hydroxylation sites is 1. The molecule has 1 aromatic carbocycles. The molecule has 5 nitrogen and oxygen atoms in total. The molecule has 1 aromatic heterocycles. The molecule has 5 heteroatoms. The smallest absolute Gasteiger partial charge is 0.341 e. The highest BCUT2D eigenvalue weighted by molar-refractivity contribution is 5.88. The van der Waals surface area contributed by atoms with Crippen LogP contribution in [0.5, 0.6) is 5.75 Å². The zero-order chi connectivity index (χ0) is 13.9. The Bertz CT molecular complexity index is 596. The SMILES string of the molecule is CCn1cc(C(=O)OCC2Cc3ccccc3O2)cn1. The van der Waals surface area contributed by atoms with Crippen molar-refractivity contribution in [2.75, 3.05) is 6.61 Å². The van der Waals surface area contributed by atoms with Gasteiger partial charge in [0, 0.05) is 19.2 Å². The van der Waals surface area contributed by atoms with Gasteiger partial charge in [0.2, 0.25) is 0 Å². The van der Waals surface area contributed by atoms with E-state index in [0.29, 0.717) is 5.56 Å². The summed E-state index contributed by atoms with van der Waals surface area (Å²) < 4.78 is 12.7. The third kappa shape index (κ3) is 2.52. The predicted octanol–water partition coefficient (Wildman–Crippen LogP) is 2.06. The number of esters is 1. The molecule has 1 atom stereocenters. The first kappa shape index (κ1) is 12.7. The van der Waals surface area contributed by atoms with Crippen molar-refractivity contribution in [3.8, 4) is 5.75 Å². The number of fused-ring (bicyclic) bond motifs is 1. The monoisotopic (exact) mass is 272 g/mol. The van der Waals surface area contributed by atoms with Crippen LogP contribution in [0.2, 0.25) is 0 Å². The number of aryl methyl sites for hydroxylation is 1. The summed E-state index contributed by atoms with van der Waals surface area (Å²) >= 11 is 0. The molecule has 1 unspecified atom stereocenters. The molecule has 3 rings (SSSR count). The summed E-state index contributed by atoms with van der Waals surface area (Å²) in [6, 6.07) is 7.88. The fourth-order valence-corrected chi connectivity index (χ4v) is 2.24. The molecule has 0 bridgehead atoms. The maximum atomic E-state index is 11.9. The zero-order valence-corrected chi connectivity index (χ0v) is 11.3. The topological polar surface area (TPSA) is 53.4 Å². The number of carbonyl (C=O) groups is 1. The fourth-order valence-electron chi connectivity index (χ4n) is 2.24. The van der Waals surface area contributed by atoms with Gasteiger partial charge in [-0.15, -0.1) is 0 Å². The molecule has 2 aromatic rings. The van der Waals surface area contributed by atoms with E-state index in [1.807, 2.05) is 31.2 Å². The Kier molecular flexibility index (Phi) is 3.41. The van der Waals surface area contributed by atoms with Gasteiger partial charge in [-0.3, -0.25) is 4.68 Å². The summed E-state index contributed by atoms with van der Waals surface area (Å²) in [5.74, 6) is 0.525. The Balaban J connectivity index is 1.55. The van der Waals surface area contributed by atoms with Gasteiger partial charge in [0.15, 0.2) is 0 Å². The summed E-state index contributed by atoms with van der Waals surface area (Å²) in [6.07, 6.45) is 3.89. The van der Waals surface area contributed by atoms with Crippen LogP contribution in [0.1, 0.15) is 22.8 Å². The largest absolute Gasteiger partial charge is 0.486 e. The summed E-state index contributed by atoms with van der Waals surface area (Å²) in [5.41, 5.74) is 1.63. The lowest BCUT2D eigenvalue weighted by atomic mass is 10.1. The molecule has 0 radical (unpaired) electrons. The van der Waals surface area contributed by atoms with E-state index in [1.54, 1.807) is 10.9 Å². The molecule has 20 heavy (non-hydrogen) atoms. The predicted molar refractivity (Wildman–Crippen MR) is 72.7 cm³/mol. The Hall–Kier alpha value is -2.30. The highest BCUT2D eigenvalue weighted by atomic mass is 16.6. The Morgan fingerprint density at radius 1 is 1.50 bits per heavy atom. The van der Waals surface area contributed by atoms with Crippen LogP contribution in [0, 0.1) is 0 Å². The van der Waals surface area contributed by atoms with Crippen LogP contribution >= 0.6 is 0 Å². The molecule has 1 aliphatic rings. The van der Waals surface area contributed by atoms with Crippen LogP contribution in [0.15, 0.2) is 36.7 Å². The van der Waals surface area contributed by atoms with E-state index in [4.69, 9.17) is 9.47 Å². The summed E-state index contributed by atoms with van der Waals surface area (Å²) in [7, 11) is 0. The van der Waals surface area contributed by atoms with Crippen molar-refractivity contribution in [1.82, 2.24) is 9.78 Å². The van der Waals surface area contributed by atoms with E-state index in [1.165, 1.54) is 6.20 Å². The maximum absolute atomic E-state index is 11.9. The number of hydrogen-bond donors (Lipinski definition) is 0. The first-order valence-corrected chi connectivity index (χ1v) is 6.70. The quantitative estimate of drug-likeness (QED) is 0.799. The molecule has 0 N–H and O–H groups in total. The lowest BCUT2D eigenvalue weighted by molar-refractivity contribution is 0.0346. The van der Waals surface area contributed by atoms with E-state index in [-0.39, 0.29) is 18.7 Å². The summed E-state index contributed by atoms with van der Waals surface area (Å²) in [4.78, 5) is 11.9. The van der Waals surface area contributed by atoms with Crippen molar-refractivity contribution in [2.45, 2.75) is 26.0 Å². The number of aromatic nitrogens is 2. The number of carbonyl (C=O) groups excluding carboxylic acids is 1. The zero-order valence-electron chi connectivity index (χ0n) is 11.3. The molecule has 0 saturated heterocycles. The van der Waals surface area contributed by atoms with E-state index in [0.717, 1.165) is 24.3 Å². The minimum absolute atomic E-state index is 0.0995. The van der Waals surface area contributed by atoms with Gasteiger partial charge in [-0.1, -0.05) is 18.2 Å². The Morgan fingerprint density at radius 3 is 3.10 bits per heavy atom. The second kappa shape index (κ2) is 5.36. The minimum atomic E-state index is -0.357. The second-order valence-electron chi connectivity index (χ2n) is 4.73. The van der Waals surface area contributed by atoms with Crippen molar-refractivity contribution < 1.29 is 14.3 Å². The lowest BCUT2D eigenvalue weighted by Gasteiger charge is -2.10. The van der Waals surface area contributed by atoms with E-state index in [2.05, 4.69) is 5.10 Å². The average Bonchev–Trinajstić information content (AvgIpc) is 3.10. The second-order valence-corrected chi connectivity index (χ2v) is 4.73. The third-order valence-corrected chi connectivity index (χ3v) is 3.31. The molecule has 2 heterocycles. The highest BCUT2D eigenvalue weighted by Crippen LogP contribution is 2.28. The van der Waals surface area contributed by atoms with Gasteiger partial charge >= 0.3 is 5.97 Å². The lowest BCUT2D eigenvalue weighted by Crippen LogP contribution is -2.22. The first-order chi connectivity index (χ1) is 9.76. The van der Waals surface area contributed by atoms with Gasteiger partial charge in [-0.25, -0.2) is 4.79 Å². The van der Waals surface area contributed by atoms with Gasteiger partial charge < -0.3 is 9.47 Å². The first-order valence-electron chi connectivity index (χ1n) is 6.70. The van der Waals surface area contributed by atoms with Gasteiger partial charge in [-0.05, 0) is 18.6 Å². The standard InChI is InChI=1S/C15H16N2O3/c1-2-17-9-12(8-16-17)15(18)19-10-13-7-11-5-3-4-6-14(11)20-13/h3-6,8-9,13H,2,7,10H2,1H3. The third-order valence-electron chi connectivity index (χ3n) is 3.31. The molecular weight excluding hydrogens is 256 g/mol. The van der Waals surface area contributed by atoms with Crippen LogP contribution in [0.3, 0.4) is 0 Å². The molecule has 0 fully saturated rings. The number of rotatable bonds is 4. The summed E-state index contributed by atoms with van der Waals surface area (Å²) in [6.45, 7) is 2.95. The fraction of sp³-hybridized carbons (Fsp3) is 0.333. The Labute approximate surface area is 117 Å². The molecule has 0 saturated carbocycles. The molecule has 0 aliphatic carbocycles. The van der Waals surface area contributed by atoms with Crippen LogP contribution in [-0.2, 0) is 17.7 Å². The van der Waals surface area contributed by atoms with Crippen molar-refractivity contribution in [3.05, 3.63) is 47.8 Å². The van der Waals surface area contributed by atoms with Crippen LogP contribution in [0.25, 0.3) is 0 Å². The van der Waals surface area contributed by atoms with Crippen molar-refractivity contribution in [2.24, 2.45) is 0 Å². The number of hydrogen-bond acceptors (Lipinski definition) is 4. The van der Waals surface area contributed by atoms with Crippen molar-refractivity contribution in [3.63, 3.8) is 0 Å². The molecular formula is C15H16N2O3. The highest BCUT2D eigenvalue weighted by Gasteiger charge is 2.24. The van der Waals surface area contributed by atoms with E-state index in [9.17, 15) is 4.79 Å². The van der Waals surface area contributed by atoms with Gasteiger partial charge in [0.1, 0.15) is 18.5 Å². The number of benzene rings is 1. The van der Waals surface area contributed by atoms with Gasteiger partial charge in [0.05, 0.1) is 11.8 Å². The van der Waals surface area contributed by atoms with Crippen molar-refractivity contribution in [1.29, 1.82) is 0 Å². The molecule has 0 spiro atoms. The molecule has 1 aliphatic heterocycles. The summed E-state index contributed by atoms with van der Waals surface area (Å²) in [5, 5.41) is 4.05. The minimum Gasteiger partial charge on any atom is -0.486 e. The number of ether oxygens (including phenoxy) is 2. The van der Waals surface area contributed by atoms with Crippen LogP contribution < -0.4 is 4.74 Å². The Morgan fingerprint density at radius 2 is 2.35 bits per heavy atom. The van der Waals surface area contributed by atoms with Crippen molar-refractivity contribution >= 4 is 5.97 Å². The van der Waals surface area contributed by atoms with Crippen LogP contribution in [0.4, 0.5) is 0 Å². The normalized spacial score (nSPS) is 16.6. The molecule has 104 valence electrons. The van der Waals surface area contributed by atoms with Gasteiger partial charge in [0.25, 0.3) is 0 Å². The van der Waals surface area contributed by atoms with Crippen LogP contribution in [-0.4, -0.2) is 28.5 Å². The molecule has 0 amide bonds. The van der Waals surface area contributed by atoms with E-state index < -0.39 is 0 Å². The average molecular weight is 272 g/mol. The van der Waals surface area contributed by atoms with Gasteiger partial charge in [-0.2, -0.15) is 5.10 Å².